The number of carbonyl (C=O) groups is 3. The minimum absolute atomic E-state index is 0.0272. The van der Waals surface area contributed by atoms with Crippen LogP contribution in [-0.2, 0) is 14.4 Å². The van der Waals surface area contributed by atoms with Gasteiger partial charge in [0.2, 0.25) is 5.91 Å². The van der Waals surface area contributed by atoms with Crippen LogP contribution in [0.5, 0.6) is 5.75 Å². The number of benzene rings is 2. The third-order valence-electron chi connectivity index (χ3n) is 5.33. The lowest BCUT2D eigenvalue weighted by Crippen LogP contribution is -2.35. The Labute approximate surface area is 172 Å². The van der Waals surface area contributed by atoms with Crippen LogP contribution in [0, 0.1) is 12.7 Å². The molecule has 2 heterocycles. The second-order valence-corrected chi connectivity index (χ2v) is 7.31. The van der Waals surface area contributed by atoms with E-state index in [1.54, 1.807) is 31.3 Å². The lowest BCUT2D eigenvalue weighted by molar-refractivity contribution is -0.121. The molecule has 0 aliphatic carbocycles. The summed E-state index contributed by atoms with van der Waals surface area (Å²) in [6.45, 7) is 1.80. The van der Waals surface area contributed by atoms with E-state index in [1.165, 1.54) is 23.2 Å². The summed E-state index contributed by atoms with van der Waals surface area (Å²) in [5.74, 6) is -1.11. The molecule has 0 fully saturated rings. The Morgan fingerprint density at radius 2 is 1.97 bits per heavy atom. The summed E-state index contributed by atoms with van der Waals surface area (Å²) < 4.78 is 18.8. The highest BCUT2D eigenvalue weighted by atomic mass is 19.1. The van der Waals surface area contributed by atoms with Gasteiger partial charge in [-0.15, -0.1) is 0 Å². The van der Waals surface area contributed by atoms with Gasteiger partial charge in [-0.3, -0.25) is 14.4 Å². The standard InChI is InChI=1S/C22H20FN3O4/c1-12-7-19-18(26(2)21(28)11-30-19)9-17(12)25-22(29)16-10-24-20(27)8-15(16)13-3-5-14(23)6-4-13/h3-7,9-10,15H,8,11H2,1-2H3,(H,24,27)(H,25,29). The highest BCUT2D eigenvalue weighted by Crippen LogP contribution is 2.37. The second-order valence-electron chi connectivity index (χ2n) is 7.31. The van der Waals surface area contributed by atoms with Crippen LogP contribution >= 0.6 is 0 Å². The van der Waals surface area contributed by atoms with Gasteiger partial charge in [0.25, 0.3) is 11.8 Å². The zero-order chi connectivity index (χ0) is 21.4. The number of likely N-dealkylation sites (N-methyl/N-ethyl adjacent to an activating group) is 1. The number of nitrogens with zero attached hydrogens (tertiary/aromatic N) is 1. The van der Waals surface area contributed by atoms with Crippen molar-refractivity contribution >= 4 is 29.1 Å². The van der Waals surface area contributed by atoms with Crippen molar-refractivity contribution in [3.63, 3.8) is 0 Å². The molecule has 2 aliphatic heterocycles. The van der Waals surface area contributed by atoms with Gasteiger partial charge in [0.15, 0.2) is 6.61 Å². The first-order valence-electron chi connectivity index (χ1n) is 9.43. The van der Waals surface area contributed by atoms with Gasteiger partial charge < -0.3 is 20.3 Å². The minimum atomic E-state index is -0.495. The van der Waals surface area contributed by atoms with Crippen molar-refractivity contribution in [1.82, 2.24) is 5.32 Å². The number of anilines is 2. The Bertz CT molecular complexity index is 1080. The van der Waals surface area contributed by atoms with E-state index in [9.17, 15) is 18.8 Å². The van der Waals surface area contributed by atoms with Crippen molar-refractivity contribution in [3.8, 4) is 5.75 Å². The fourth-order valence-electron chi connectivity index (χ4n) is 3.58. The number of halogens is 1. The molecule has 1 unspecified atom stereocenters. The summed E-state index contributed by atoms with van der Waals surface area (Å²) in [7, 11) is 1.65. The number of hydrogen-bond acceptors (Lipinski definition) is 4. The van der Waals surface area contributed by atoms with E-state index in [-0.39, 0.29) is 30.7 Å². The minimum Gasteiger partial charge on any atom is -0.482 e. The number of carbonyl (C=O) groups excluding carboxylic acids is 3. The molecule has 30 heavy (non-hydrogen) atoms. The predicted octanol–water partition coefficient (Wildman–Crippen LogP) is 2.62. The molecule has 0 saturated heterocycles. The summed E-state index contributed by atoms with van der Waals surface area (Å²) in [5, 5.41) is 5.44. The van der Waals surface area contributed by atoms with Crippen molar-refractivity contribution in [2.24, 2.45) is 0 Å². The zero-order valence-electron chi connectivity index (χ0n) is 16.5. The van der Waals surface area contributed by atoms with Crippen LogP contribution in [-0.4, -0.2) is 31.4 Å². The topological polar surface area (TPSA) is 87.7 Å². The van der Waals surface area contributed by atoms with E-state index in [2.05, 4.69) is 10.6 Å². The maximum absolute atomic E-state index is 13.3. The molecule has 7 nitrogen and oxygen atoms in total. The maximum Gasteiger partial charge on any atom is 0.264 e. The molecular weight excluding hydrogens is 389 g/mol. The summed E-state index contributed by atoms with van der Waals surface area (Å²) in [6, 6.07) is 9.20. The molecule has 1 atom stereocenters. The summed E-state index contributed by atoms with van der Waals surface area (Å²) >= 11 is 0. The first-order valence-corrected chi connectivity index (χ1v) is 9.43. The number of fused-ring (bicyclic) bond motifs is 1. The first kappa shape index (κ1) is 19.6. The fourth-order valence-corrected chi connectivity index (χ4v) is 3.58. The van der Waals surface area contributed by atoms with E-state index >= 15 is 0 Å². The highest BCUT2D eigenvalue weighted by Gasteiger charge is 2.30. The summed E-state index contributed by atoms with van der Waals surface area (Å²) in [6.07, 6.45) is 1.47. The number of nitrogens with one attached hydrogen (secondary N) is 2. The average molecular weight is 409 g/mol. The summed E-state index contributed by atoms with van der Waals surface area (Å²) in [4.78, 5) is 38.4. The van der Waals surface area contributed by atoms with Crippen LogP contribution in [0.3, 0.4) is 0 Å². The van der Waals surface area contributed by atoms with Gasteiger partial charge in [0.05, 0.1) is 5.69 Å². The molecule has 4 rings (SSSR count). The molecule has 0 saturated carbocycles. The van der Waals surface area contributed by atoms with Crippen LogP contribution in [0.15, 0.2) is 48.2 Å². The Morgan fingerprint density at radius 3 is 2.70 bits per heavy atom. The summed E-state index contributed by atoms with van der Waals surface area (Å²) in [5.41, 5.74) is 2.89. The molecule has 0 aromatic heterocycles. The van der Waals surface area contributed by atoms with Crippen molar-refractivity contribution in [2.45, 2.75) is 19.3 Å². The maximum atomic E-state index is 13.3. The number of ether oxygens (including phenoxy) is 1. The number of rotatable bonds is 3. The Morgan fingerprint density at radius 1 is 1.23 bits per heavy atom. The van der Waals surface area contributed by atoms with Gasteiger partial charge in [-0.1, -0.05) is 12.1 Å². The molecule has 2 aromatic carbocycles. The van der Waals surface area contributed by atoms with E-state index in [0.717, 1.165) is 5.56 Å². The van der Waals surface area contributed by atoms with E-state index < -0.39 is 11.8 Å². The molecule has 0 spiro atoms. The molecule has 2 N–H and O–H groups in total. The third-order valence-corrected chi connectivity index (χ3v) is 5.33. The van der Waals surface area contributed by atoms with Gasteiger partial charge in [-0.25, -0.2) is 4.39 Å². The van der Waals surface area contributed by atoms with Gasteiger partial charge in [-0.2, -0.15) is 0 Å². The Kier molecular flexibility index (Phi) is 4.99. The van der Waals surface area contributed by atoms with Gasteiger partial charge in [0.1, 0.15) is 11.6 Å². The number of hydrogen-bond donors (Lipinski definition) is 2. The Balaban J connectivity index is 1.63. The van der Waals surface area contributed by atoms with E-state index in [1.807, 2.05) is 6.92 Å². The number of amides is 3. The van der Waals surface area contributed by atoms with Crippen molar-refractivity contribution < 1.29 is 23.5 Å². The SMILES string of the molecule is Cc1cc2c(cc1NC(=O)C1=CNC(=O)CC1c1ccc(F)cc1)N(C)C(=O)CO2. The molecule has 0 bridgehead atoms. The first-order chi connectivity index (χ1) is 14.3. The van der Waals surface area contributed by atoms with Crippen molar-refractivity contribution in [2.75, 3.05) is 23.9 Å². The normalized spacial score (nSPS) is 18.2. The third kappa shape index (κ3) is 3.63. The lowest BCUT2D eigenvalue weighted by atomic mass is 9.86. The van der Waals surface area contributed by atoms with Gasteiger partial charge in [0, 0.05) is 36.8 Å². The van der Waals surface area contributed by atoms with Crippen LogP contribution in [0.2, 0.25) is 0 Å². The molecule has 2 aromatic rings. The van der Waals surface area contributed by atoms with Crippen LogP contribution in [0.1, 0.15) is 23.5 Å². The largest absolute Gasteiger partial charge is 0.482 e. The monoisotopic (exact) mass is 409 g/mol. The van der Waals surface area contributed by atoms with Gasteiger partial charge >= 0.3 is 0 Å². The quantitative estimate of drug-likeness (QED) is 0.816. The van der Waals surface area contributed by atoms with Crippen LogP contribution < -0.4 is 20.3 Å². The lowest BCUT2D eigenvalue weighted by Gasteiger charge is -2.28. The molecule has 0 radical (unpaired) electrons. The molecule has 8 heteroatoms. The second kappa shape index (κ2) is 7.62. The van der Waals surface area contributed by atoms with Crippen molar-refractivity contribution in [3.05, 3.63) is 65.1 Å². The molecule has 3 amide bonds. The molecular formula is C22H20FN3O4. The van der Waals surface area contributed by atoms with Crippen LogP contribution in [0.25, 0.3) is 0 Å². The van der Waals surface area contributed by atoms with E-state index in [4.69, 9.17) is 4.74 Å². The molecule has 2 aliphatic rings. The van der Waals surface area contributed by atoms with Crippen LogP contribution in [0.4, 0.5) is 15.8 Å². The zero-order valence-corrected chi connectivity index (χ0v) is 16.5. The van der Waals surface area contributed by atoms with E-state index in [0.29, 0.717) is 28.3 Å². The predicted molar refractivity (Wildman–Crippen MR) is 109 cm³/mol. The van der Waals surface area contributed by atoms with Gasteiger partial charge in [-0.05, 0) is 42.3 Å². The van der Waals surface area contributed by atoms with Crippen molar-refractivity contribution in [1.29, 1.82) is 0 Å². The average Bonchev–Trinajstić information content (AvgIpc) is 2.72. The highest BCUT2D eigenvalue weighted by molar-refractivity contribution is 6.07. The molecule has 154 valence electrons. The number of aryl methyl sites for hydroxylation is 1. The smallest absolute Gasteiger partial charge is 0.264 e. The fraction of sp³-hybridized carbons (Fsp3) is 0.227. The Hall–Kier alpha value is -3.68.